The second-order valence-electron chi connectivity index (χ2n) is 12.5. The highest BCUT2D eigenvalue weighted by Crippen LogP contribution is 2.71. The smallest absolute Gasteiger partial charge is 0.189 e. The first kappa shape index (κ1) is 26.7. The molecular weight excluding hydrogens is 674 g/mol. The van der Waals surface area contributed by atoms with Crippen molar-refractivity contribution in [1.82, 2.24) is 4.90 Å². The molecule has 5 aromatic carbocycles. The van der Waals surface area contributed by atoms with Gasteiger partial charge in [-0.1, -0.05) is 117 Å². The summed E-state index contributed by atoms with van der Waals surface area (Å²) in [5, 5.41) is 2.05. The number of nitrogens with zero attached hydrogens (tertiary/aromatic N) is 1. The first-order valence-corrected chi connectivity index (χ1v) is 16.8. The van der Waals surface area contributed by atoms with E-state index in [4.69, 9.17) is 0 Å². The molecule has 44 heavy (non-hydrogen) atoms. The van der Waals surface area contributed by atoms with Crippen LogP contribution in [-0.4, -0.2) is 29.1 Å². The SMILES string of the molecule is O=C1/C(=C/c2ccc(Br)cc2)c2ccccc2[C@]12[C@@H](c1ccc(Br)cc1)[C@@H]1CCCN1[C@]21C(=O)c2cccc3cccc1c23. The van der Waals surface area contributed by atoms with Crippen molar-refractivity contribution in [3.63, 3.8) is 0 Å². The number of allylic oxidation sites excluding steroid dienone is 1. The Hall–Kier alpha value is -3.64. The molecule has 0 unspecified atom stereocenters. The van der Waals surface area contributed by atoms with Gasteiger partial charge in [-0.05, 0) is 88.3 Å². The molecule has 0 amide bonds. The van der Waals surface area contributed by atoms with Gasteiger partial charge in [-0.25, -0.2) is 0 Å². The van der Waals surface area contributed by atoms with E-state index in [1.807, 2.05) is 54.6 Å². The summed E-state index contributed by atoms with van der Waals surface area (Å²) < 4.78 is 1.98. The lowest BCUT2D eigenvalue weighted by atomic mass is 9.55. The minimum Gasteiger partial charge on any atom is -0.293 e. The molecule has 2 aliphatic heterocycles. The van der Waals surface area contributed by atoms with Crippen LogP contribution >= 0.6 is 31.9 Å². The maximum atomic E-state index is 15.9. The van der Waals surface area contributed by atoms with E-state index in [1.54, 1.807) is 0 Å². The largest absolute Gasteiger partial charge is 0.293 e. The number of fused-ring (bicyclic) bond motifs is 6. The van der Waals surface area contributed by atoms with Gasteiger partial charge in [0.2, 0.25) is 0 Å². The van der Waals surface area contributed by atoms with E-state index in [2.05, 4.69) is 97.4 Å². The fourth-order valence-electron chi connectivity index (χ4n) is 9.32. The van der Waals surface area contributed by atoms with Crippen LogP contribution in [0.15, 0.2) is 118 Å². The zero-order valence-corrected chi connectivity index (χ0v) is 26.9. The lowest BCUT2D eigenvalue weighted by molar-refractivity contribution is -0.121. The third kappa shape index (κ3) is 3.15. The van der Waals surface area contributed by atoms with Gasteiger partial charge in [0.1, 0.15) is 5.54 Å². The number of benzene rings is 5. The molecule has 0 aromatic heterocycles. The number of ketones is 2. The molecule has 2 heterocycles. The fraction of sp³-hybridized carbons (Fsp3) is 0.179. The van der Waals surface area contributed by atoms with Crippen LogP contribution in [0.1, 0.15) is 56.9 Å². The minimum atomic E-state index is -1.16. The van der Waals surface area contributed by atoms with Crippen molar-refractivity contribution in [2.45, 2.75) is 35.8 Å². The quantitative estimate of drug-likeness (QED) is 0.173. The summed E-state index contributed by atoms with van der Waals surface area (Å²) in [5.41, 5.74) is 4.05. The van der Waals surface area contributed by atoms with Crippen LogP contribution in [0.5, 0.6) is 0 Å². The van der Waals surface area contributed by atoms with Gasteiger partial charge in [-0.2, -0.15) is 0 Å². The van der Waals surface area contributed by atoms with Crippen molar-refractivity contribution in [2.24, 2.45) is 0 Å². The third-order valence-corrected chi connectivity index (χ3v) is 11.7. The predicted molar refractivity (Wildman–Crippen MR) is 182 cm³/mol. The molecule has 0 saturated carbocycles. The Morgan fingerprint density at radius 2 is 1.36 bits per heavy atom. The molecule has 0 N–H and O–H groups in total. The number of carbonyl (C=O) groups is 2. The molecule has 2 saturated heterocycles. The van der Waals surface area contributed by atoms with Gasteiger partial charge in [0.05, 0.1) is 5.41 Å². The van der Waals surface area contributed by atoms with Crippen molar-refractivity contribution < 1.29 is 9.59 Å². The molecule has 4 atom stereocenters. The Morgan fingerprint density at radius 3 is 2.14 bits per heavy atom. The number of rotatable bonds is 2. The van der Waals surface area contributed by atoms with Crippen LogP contribution < -0.4 is 0 Å². The van der Waals surface area contributed by atoms with E-state index in [-0.39, 0.29) is 23.5 Å². The first-order chi connectivity index (χ1) is 21.5. The standard InChI is InChI=1S/C39H27Br2NO2/c40-26-17-13-23(14-18-26)22-30-28-8-1-2-10-31(28)38(36(30)43)35(25-15-19-27(41)20-16-25)33-12-5-21-42(33)39(38)32-11-4-7-24-6-3-9-29(34(24)32)37(39)44/h1-4,6-11,13-20,22,33,35H,5,12,21H2/b30-22+/t33-,35-,38-,39+/m0/s1. The highest BCUT2D eigenvalue weighted by Gasteiger charge is 2.79. The van der Waals surface area contributed by atoms with Gasteiger partial charge in [-0.3, -0.25) is 14.5 Å². The number of hydrogen-bond acceptors (Lipinski definition) is 3. The molecule has 214 valence electrons. The zero-order valence-electron chi connectivity index (χ0n) is 23.8. The zero-order chi connectivity index (χ0) is 29.8. The normalized spacial score (nSPS) is 27.7. The molecule has 5 aromatic rings. The number of halogens is 2. The van der Waals surface area contributed by atoms with Gasteiger partial charge in [0.25, 0.3) is 0 Å². The number of carbonyl (C=O) groups excluding carboxylic acids is 2. The predicted octanol–water partition coefficient (Wildman–Crippen LogP) is 9.08. The Kier molecular flexibility index (Phi) is 5.73. The summed E-state index contributed by atoms with van der Waals surface area (Å²) >= 11 is 7.19. The Bertz CT molecular complexity index is 2080. The van der Waals surface area contributed by atoms with Gasteiger partial charge < -0.3 is 0 Å². The lowest BCUT2D eigenvalue weighted by Gasteiger charge is -2.46. The molecule has 5 heteroatoms. The third-order valence-electron chi connectivity index (χ3n) is 10.7. The Morgan fingerprint density at radius 1 is 0.705 bits per heavy atom. The summed E-state index contributed by atoms with van der Waals surface area (Å²) in [6.45, 7) is 0.775. The average molecular weight is 701 g/mol. The maximum absolute atomic E-state index is 15.9. The minimum absolute atomic E-state index is 0.0359. The molecule has 2 spiro atoms. The highest BCUT2D eigenvalue weighted by molar-refractivity contribution is 9.10. The van der Waals surface area contributed by atoms with E-state index >= 15 is 9.59 Å². The van der Waals surface area contributed by atoms with Crippen LogP contribution in [0.3, 0.4) is 0 Å². The van der Waals surface area contributed by atoms with Crippen LogP contribution in [0.25, 0.3) is 22.4 Å². The van der Waals surface area contributed by atoms with Gasteiger partial charge >= 0.3 is 0 Å². The lowest BCUT2D eigenvalue weighted by Crippen LogP contribution is -2.60. The molecule has 4 aliphatic rings. The van der Waals surface area contributed by atoms with E-state index in [0.717, 1.165) is 72.5 Å². The molecule has 2 aliphatic carbocycles. The summed E-state index contributed by atoms with van der Waals surface area (Å²) in [7, 11) is 0. The van der Waals surface area contributed by atoms with Crippen molar-refractivity contribution in [3.05, 3.63) is 152 Å². The second-order valence-corrected chi connectivity index (χ2v) is 14.3. The monoisotopic (exact) mass is 699 g/mol. The van der Waals surface area contributed by atoms with Crippen LogP contribution in [0, 0.1) is 0 Å². The number of hydrogen-bond donors (Lipinski definition) is 0. The topological polar surface area (TPSA) is 37.4 Å². The maximum Gasteiger partial charge on any atom is 0.189 e. The van der Waals surface area contributed by atoms with Crippen LogP contribution in [0.4, 0.5) is 0 Å². The first-order valence-electron chi connectivity index (χ1n) is 15.2. The molecule has 0 bridgehead atoms. The van der Waals surface area contributed by atoms with Gasteiger partial charge in [-0.15, -0.1) is 0 Å². The molecule has 0 radical (unpaired) electrons. The van der Waals surface area contributed by atoms with Crippen molar-refractivity contribution in [2.75, 3.05) is 6.54 Å². The van der Waals surface area contributed by atoms with E-state index in [9.17, 15) is 0 Å². The van der Waals surface area contributed by atoms with Gasteiger partial charge in [0, 0.05) is 32.0 Å². The Balaban J connectivity index is 1.43. The molecule has 3 nitrogen and oxygen atoms in total. The van der Waals surface area contributed by atoms with Crippen LogP contribution in [-0.2, 0) is 15.7 Å². The number of Topliss-reactive ketones (excluding diaryl/α,β-unsaturated/α-hetero) is 2. The summed E-state index contributed by atoms with van der Waals surface area (Å²) in [5.74, 6) is -0.109. The van der Waals surface area contributed by atoms with Crippen molar-refractivity contribution in [3.8, 4) is 0 Å². The second kappa shape index (κ2) is 9.43. The van der Waals surface area contributed by atoms with Crippen molar-refractivity contribution >= 4 is 65.8 Å². The summed E-state index contributed by atoms with van der Waals surface area (Å²) in [4.78, 5) is 33.8. The van der Waals surface area contributed by atoms with E-state index in [0.29, 0.717) is 5.57 Å². The average Bonchev–Trinajstić information content (AvgIpc) is 3.75. The van der Waals surface area contributed by atoms with E-state index in [1.165, 1.54) is 0 Å². The Labute approximate surface area is 272 Å². The summed E-state index contributed by atoms with van der Waals surface area (Å²) in [6, 6.07) is 37.2. The molecule has 9 rings (SSSR count). The van der Waals surface area contributed by atoms with Gasteiger partial charge in [0.15, 0.2) is 11.6 Å². The fourth-order valence-corrected chi connectivity index (χ4v) is 9.85. The van der Waals surface area contributed by atoms with Crippen molar-refractivity contribution in [1.29, 1.82) is 0 Å². The molecular formula is C39H27Br2NO2. The van der Waals surface area contributed by atoms with E-state index < -0.39 is 11.0 Å². The highest BCUT2D eigenvalue weighted by atomic mass is 79.9. The summed E-state index contributed by atoms with van der Waals surface area (Å²) in [6.07, 6.45) is 3.96. The van der Waals surface area contributed by atoms with Crippen LogP contribution in [0.2, 0.25) is 0 Å². The molecule has 2 fully saturated rings.